The lowest BCUT2D eigenvalue weighted by Gasteiger charge is -2.47. The smallest absolute Gasteiger partial charge is 0.0557 e. The van der Waals surface area contributed by atoms with Crippen LogP contribution >= 0.6 is 0 Å². The van der Waals surface area contributed by atoms with Crippen molar-refractivity contribution >= 4 is 0 Å². The maximum absolute atomic E-state index is 2.48. The van der Waals surface area contributed by atoms with Crippen LogP contribution in [0.25, 0.3) is 0 Å². The van der Waals surface area contributed by atoms with Crippen LogP contribution in [0.15, 0.2) is 18.2 Å². The van der Waals surface area contributed by atoms with E-state index in [2.05, 4.69) is 62.9 Å². The normalized spacial score (nSPS) is 27.4. The molecule has 0 radical (unpaired) electrons. The number of likely N-dealkylation sites (N-methyl/N-ethyl adjacent to an activating group) is 2. The Morgan fingerprint density at radius 3 is 2.41 bits per heavy atom. The molecule has 0 bridgehead atoms. The summed E-state index contributed by atoms with van der Waals surface area (Å²) in [6.07, 6.45) is 0. The Morgan fingerprint density at radius 1 is 1.06 bits per heavy atom. The van der Waals surface area contributed by atoms with Crippen molar-refractivity contribution in [2.45, 2.75) is 26.3 Å². The third-order valence-electron chi connectivity index (χ3n) is 4.37. The van der Waals surface area contributed by atoms with Crippen LogP contribution in [0.4, 0.5) is 0 Å². The highest BCUT2D eigenvalue weighted by Crippen LogP contribution is 2.31. The van der Waals surface area contributed by atoms with E-state index in [1.54, 1.807) is 0 Å². The molecule has 0 amide bonds. The minimum Gasteiger partial charge on any atom is -0.303 e. The number of rotatable bonds is 1. The molecule has 94 valence electrons. The molecule has 0 N–H and O–H groups in total. The minimum absolute atomic E-state index is 0.144. The number of piperazine rings is 1. The van der Waals surface area contributed by atoms with Gasteiger partial charge in [0.2, 0.25) is 0 Å². The number of aryl methyl sites for hydroxylation is 2. The Morgan fingerprint density at radius 2 is 1.76 bits per heavy atom. The molecule has 0 aromatic heterocycles. The van der Waals surface area contributed by atoms with E-state index in [1.165, 1.54) is 16.7 Å². The average Bonchev–Trinajstić information content (AvgIpc) is 2.28. The molecule has 1 aromatic rings. The van der Waals surface area contributed by atoms with Gasteiger partial charge in [0.15, 0.2) is 0 Å². The quantitative estimate of drug-likeness (QED) is 0.733. The van der Waals surface area contributed by atoms with E-state index in [9.17, 15) is 0 Å². The van der Waals surface area contributed by atoms with Crippen molar-refractivity contribution in [1.82, 2.24) is 9.80 Å². The number of benzene rings is 1. The molecule has 1 aliphatic rings. The molecule has 0 saturated carbocycles. The molecule has 1 aliphatic heterocycles. The fourth-order valence-electron chi connectivity index (χ4n) is 2.68. The van der Waals surface area contributed by atoms with E-state index in [-0.39, 0.29) is 5.54 Å². The number of hydrogen-bond donors (Lipinski definition) is 0. The van der Waals surface area contributed by atoms with Crippen LogP contribution in [-0.4, -0.2) is 43.5 Å². The second-order valence-electron chi connectivity index (χ2n) is 5.73. The van der Waals surface area contributed by atoms with Gasteiger partial charge in [0.25, 0.3) is 0 Å². The maximum Gasteiger partial charge on any atom is 0.0557 e. The first-order chi connectivity index (χ1) is 7.93. The van der Waals surface area contributed by atoms with Gasteiger partial charge in [0.1, 0.15) is 0 Å². The molecular weight excluding hydrogens is 208 g/mol. The predicted octanol–water partition coefficient (Wildman–Crippen LogP) is 2.40. The molecule has 1 fully saturated rings. The Labute approximate surface area is 105 Å². The molecule has 2 rings (SSSR count). The summed E-state index contributed by atoms with van der Waals surface area (Å²) in [7, 11) is 4.45. The highest BCUT2D eigenvalue weighted by Gasteiger charge is 2.35. The van der Waals surface area contributed by atoms with E-state index in [0.717, 1.165) is 19.6 Å². The monoisotopic (exact) mass is 232 g/mol. The number of hydrogen-bond acceptors (Lipinski definition) is 2. The summed E-state index contributed by atoms with van der Waals surface area (Å²) < 4.78 is 0. The van der Waals surface area contributed by atoms with Gasteiger partial charge >= 0.3 is 0 Å². The van der Waals surface area contributed by atoms with E-state index in [0.29, 0.717) is 0 Å². The SMILES string of the molecule is Cc1ccc(C2(C)CN(C)CCN2C)cc1C. The Kier molecular flexibility index (Phi) is 3.28. The molecule has 2 heteroatoms. The molecule has 0 aliphatic carbocycles. The molecule has 17 heavy (non-hydrogen) atoms. The lowest BCUT2D eigenvalue weighted by atomic mass is 9.86. The van der Waals surface area contributed by atoms with E-state index >= 15 is 0 Å². The highest BCUT2D eigenvalue weighted by atomic mass is 15.3. The van der Waals surface area contributed by atoms with Gasteiger partial charge in [-0.3, -0.25) is 4.90 Å². The second-order valence-corrected chi connectivity index (χ2v) is 5.73. The zero-order chi connectivity index (χ0) is 12.6. The molecule has 1 heterocycles. The summed E-state index contributed by atoms with van der Waals surface area (Å²) in [5, 5.41) is 0. The second kappa shape index (κ2) is 4.43. The Bertz CT molecular complexity index is 413. The van der Waals surface area contributed by atoms with Crippen LogP contribution in [0.5, 0.6) is 0 Å². The van der Waals surface area contributed by atoms with Gasteiger partial charge in [0.05, 0.1) is 5.54 Å². The van der Waals surface area contributed by atoms with Gasteiger partial charge in [-0.2, -0.15) is 0 Å². The van der Waals surface area contributed by atoms with Gasteiger partial charge in [-0.15, -0.1) is 0 Å². The van der Waals surface area contributed by atoms with Gasteiger partial charge in [-0.05, 0) is 51.6 Å². The van der Waals surface area contributed by atoms with Crippen LogP contribution in [0, 0.1) is 13.8 Å². The van der Waals surface area contributed by atoms with Crippen molar-refractivity contribution in [3.63, 3.8) is 0 Å². The topological polar surface area (TPSA) is 6.48 Å². The largest absolute Gasteiger partial charge is 0.303 e. The lowest BCUT2D eigenvalue weighted by Crippen LogP contribution is -2.56. The van der Waals surface area contributed by atoms with Crippen LogP contribution in [0.2, 0.25) is 0 Å². The molecule has 1 saturated heterocycles. The lowest BCUT2D eigenvalue weighted by molar-refractivity contribution is 0.0379. The molecule has 1 unspecified atom stereocenters. The Hall–Kier alpha value is -0.860. The molecule has 0 spiro atoms. The van der Waals surface area contributed by atoms with E-state index in [1.807, 2.05) is 0 Å². The van der Waals surface area contributed by atoms with Gasteiger partial charge in [-0.1, -0.05) is 18.2 Å². The Balaban J connectivity index is 2.38. The summed E-state index contributed by atoms with van der Waals surface area (Å²) in [5.41, 5.74) is 4.36. The zero-order valence-corrected chi connectivity index (χ0v) is 11.7. The first kappa shape index (κ1) is 12.6. The highest BCUT2D eigenvalue weighted by molar-refractivity contribution is 5.34. The fraction of sp³-hybridized carbons (Fsp3) is 0.600. The van der Waals surface area contributed by atoms with Crippen molar-refractivity contribution < 1.29 is 0 Å². The summed E-state index contributed by atoms with van der Waals surface area (Å²) in [5.74, 6) is 0. The molecule has 1 atom stereocenters. The van der Waals surface area contributed by atoms with Crippen molar-refractivity contribution in [3.8, 4) is 0 Å². The molecule has 1 aromatic carbocycles. The van der Waals surface area contributed by atoms with E-state index < -0.39 is 0 Å². The third-order valence-corrected chi connectivity index (χ3v) is 4.37. The summed E-state index contributed by atoms with van der Waals surface area (Å²) in [4.78, 5) is 4.91. The standard InChI is InChI=1S/C15H24N2/c1-12-6-7-14(10-13(12)2)15(3)11-16(4)8-9-17(15)5/h6-7,10H,8-9,11H2,1-5H3. The molecular formula is C15H24N2. The van der Waals surface area contributed by atoms with Gasteiger partial charge in [0, 0.05) is 19.6 Å². The summed E-state index contributed by atoms with van der Waals surface area (Å²) in [6.45, 7) is 10.1. The van der Waals surface area contributed by atoms with Crippen LogP contribution in [-0.2, 0) is 5.54 Å². The minimum atomic E-state index is 0.144. The molecule has 2 nitrogen and oxygen atoms in total. The van der Waals surface area contributed by atoms with Crippen LogP contribution < -0.4 is 0 Å². The predicted molar refractivity (Wildman–Crippen MR) is 73.4 cm³/mol. The van der Waals surface area contributed by atoms with Gasteiger partial charge < -0.3 is 4.90 Å². The third kappa shape index (κ3) is 2.24. The van der Waals surface area contributed by atoms with Crippen molar-refractivity contribution in [2.75, 3.05) is 33.7 Å². The first-order valence-electron chi connectivity index (χ1n) is 6.41. The summed E-state index contributed by atoms with van der Waals surface area (Å²) >= 11 is 0. The summed E-state index contributed by atoms with van der Waals surface area (Å²) in [6, 6.07) is 6.89. The number of nitrogens with zero attached hydrogens (tertiary/aromatic N) is 2. The maximum atomic E-state index is 2.48. The average molecular weight is 232 g/mol. The van der Waals surface area contributed by atoms with Crippen molar-refractivity contribution in [1.29, 1.82) is 0 Å². The van der Waals surface area contributed by atoms with Gasteiger partial charge in [-0.25, -0.2) is 0 Å². The zero-order valence-electron chi connectivity index (χ0n) is 11.7. The fourth-order valence-corrected chi connectivity index (χ4v) is 2.68. The first-order valence-corrected chi connectivity index (χ1v) is 6.41. The van der Waals surface area contributed by atoms with Crippen LogP contribution in [0.3, 0.4) is 0 Å². The van der Waals surface area contributed by atoms with Crippen LogP contribution in [0.1, 0.15) is 23.6 Å². The van der Waals surface area contributed by atoms with Crippen molar-refractivity contribution in [2.24, 2.45) is 0 Å². The van der Waals surface area contributed by atoms with E-state index in [4.69, 9.17) is 0 Å². The van der Waals surface area contributed by atoms with Crippen molar-refractivity contribution in [3.05, 3.63) is 34.9 Å².